The number of aliphatic hydroxyl groups excluding tert-OH is 12. The maximum absolute atomic E-state index is 9.90. The predicted octanol–water partition coefficient (Wildman–Crippen LogP) is -5.74. The second kappa shape index (κ2) is 30.4. The van der Waals surface area contributed by atoms with Gasteiger partial charge in [0.1, 0.15) is 48.8 Å². The van der Waals surface area contributed by atoms with Crippen LogP contribution in [0.25, 0.3) is 0 Å². The molecule has 0 fully saturated rings. The van der Waals surface area contributed by atoms with Gasteiger partial charge in [0, 0.05) is 25.7 Å². The molecule has 0 aliphatic rings. The van der Waals surface area contributed by atoms with Gasteiger partial charge in [0.25, 0.3) is 0 Å². The minimum atomic E-state index is -1.67. The molecule has 16 N–H and O–H groups in total. The Morgan fingerprint density at radius 3 is 0.568 bits per heavy atom. The van der Waals surface area contributed by atoms with Crippen LogP contribution in [0.1, 0.15) is 51.4 Å². The fourth-order valence-corrected chi connectivity index (χ4v) is 2.45. The van der Waals surface area contributed by atoms with Crippen molar-refractivity contribution in [1.29, 1.82) is 0 Å². The molecule has 20 nitrogen and oxygen atoms in total. The van der Waals surface area contributed by atoms with Crippen molar-refractivity contribution in [1.82, 2.24) is 0 Å². The average molecular weight is 657 g/mol. The van der Waals surface area contributed by atoms with E-state index in [0.717, 1.165) is 0 Å². The molecule has 8 unspecified atom stereocenters. The average Bonchev–Trinajstić information content (AvgIpc) is 2.98. The Kier molecular flexibility index (Phi) is 33.4. The van der Waals surface area contributed by atoms with Crippen LogP contribution in [0.4, 0.5) is 0 Å². The highest BCUT2D eigenvalue weighted by Gasteiger charge is 2.30. The molecule has 0 saturated heterocycles. The number of carboxylic acids is 4. The lowest BCUT2D eigenvalue weighted by atomic mass is 10.0. The van der Waals surface area contributed by atoms with E-state index in [0.29, 0.717) is 25.7 Å². The highest BCUT2D eigenvalue weighted by atomic mass is 16.4. The van der Waals surface area contributed by atoms with Crippen molar-refractivity contribution in [3.8, 4) is 0 Å². The first-order valence-electron chi connectivity index (χ1n) is 13.1. The van der Waals surface area contributed by atoms with Crippen molar-refractivity contribution >= 4 is 23.9 Å². The topological polar surface area (TPSA) is 392 Å². The van der Waals surface area contributed by atoms with Gasteiger partial charge in [-0.05, 0) is 25.7 Å². The molecule has 44 heavy (non-hydrogen) atoms. The lowest BCUT2D eigenvalue weighted by Crippen LogP contribution is -2.46. The number of rotatable bonds is 20. The Balaban J connectivity index is -0.000000243. The predicted molar refractivity (Wildman–Crippen MR) is 144 cm³/mol. The molecule has 0 amide bonds. The van der Waals surface area contributed by atoms with Crippen molar-refractivity contribution in [3.05, 3.63) is 0 Å². The first-order chi connectivity index (χ1) is 20.3. The standard InChI is InChI=1S/2C6H14O6.2C6H10O4/c2*7-1-3(9)5(11)6(12)4(10)2-8;2*7-5(8)3-1-2-4-6(9)10/h2*3-12H,1-2H2;2*1-4H2,(H,7,8)(H,9,10). The number of hydrogen-bond acceptors (Lipinski definition) is 16. The summed E-state index contributed by atoms with van der Waals surface area (Å²) in [5.41, 5.74) is 0. The quantitative estimate of drug-likeness (QED) is 0.0542. The van der Waals surface area contributed by atoms with Crippen molar-refractivity contribution < 1.29 is 101 Å². The van der Waals surface area contributed by atoms with Crippen LogP contribution >= 0.6 is 0 Å². The van der Waals surface area contributed by atoms with E-state index in [4.69, 9.17) is 81.7 Å². The highest BCUT2D eigenvalue weighted by molar-refractivity contribution is 5.68. The van der Waals surface area contributed by atoms with E-state index < -0.39 is 99.1 Å². The highest BCUT2D eigenvalue weighted by Crippen LogP contribution is 2.05. The summed E-state index contributed by atoms with van der Waals surface area (Å²) in [4.78, 5) is 39.6. The van der Waals surface area contributed by atoms with Gasteiger partial charge in [0.2, 0.25) is 0 Å². The summed E-state index contributed by atoms with van der Waals surface area (Å²) in [6.45, 7) is -2.90. The van der Waals surface area contributed by atoms with Crippen LogP contribution in [0, 0.1) is 0 Å². The Morgan fingerprint density at radius 2 is 0.477 bits per heavy atom. The second-order valence-electron chi connectivity index (χ2n) is 8.95. The molecule has 0 aromatic carbocycles. The maximum atomic E-state index is 9.90. The van der Waals surface area contributed by atoms with Crippen LogP contribution in [0.3, 0.4) is 0 Å². The Bertz CT molecular complexity index is 617. The van der Waals surface area contributed by atoms with Gasteiger partial charge in [-0.25, -0.2) is 0 Å². The summed E-state index contributed by atoms with van der Waals surface area (Å²) >= 11 is 0. The summed E-state index contributed by atoms with van der Waals surface area (Å²) in [6, 6.07) is 0. The smallest absolute Gasteiger partial charge is 0.303 e. The van der Waals surface area contributed by atoms with E-state index >= 15 is 0 Å². The summed E-state index contributed by atoms with van der Waals surface area (Å²) in [7, 11) is 0. The molecular weight excluding hydrogens is 608 g/mol. The van der Waals surface area contributed by atoms with E-state index in [1.54, 1.807) is 0 Å². The number of carboxylic acid groups (broad SMARTS) is 4. The van der Waals surface area contributed by atoms with E-state index in [-0.39, 0.29) is 25.7 Å². The molecule has 0 spiro atoms. The van der Waals surface area contributed by atoms with E-state index in [1.165, 1.54) is 0 Å². The lowest BCUT2D eigenvalue weighted by molar-refractivity contribution is -0.139. The third-order valence-corrected chi connectivity index (χ3v) is 5.09. The van der Waals surface area contributed by atoms with Crippen molar-refractivity contribution in [2.75, 3.05) is 26.4 Å². The molecule has 264 valence electrons. The molecule has 8 atom stereocenters. The van der Waals surface area contributed by atoms with Gasteiger partial charge in [-0.1, -0.05) is 0 Å². The van der Waals surface area contributed by atoms with Gasteiger partial charge in [-0.15, -0.1) is 0 Å². The molecule has 0 aromatic heterocycles. The number of carbonyl (C=O) groups is 4. The Labute approximate surface area is 252 Å². The van der Waals surface area contributed by atoms with Gasteiger partial charge in [0.15, 0.2) is 0 Å². The van der Waals surface area contributed by atoms with Crippen LogP contribution in [0.2, 0.25) is 0 Å². The fraction of sp³-hybridized carbons (Fsp3) is 0.833. The number of aliphatic carboxylic acids is 4. The minimum absolute atomic E-state index is 0.0628. The first-order valence-corrected chi connectivity index (χ1v) is 13.1. The summed E-state index contributed by atoms with van der Waals surface area (Å²) < 4.78 is 0. The first kappa shape index (κ1) is 48.3. The van der Waals surface area contributed by atoms with Gasteiger partial charge in [-0.2, -0.15) is 0 Å². The van der Waals surface area contributed by atoms with E-state index in [2.05, 4.69) is 0 Å². The molecule has 0 aliphatic heterocycles. The van der Waals surface area contributed by atoms with Crippen molar-refractivity contribution in [3.63, 3.8) is 0 Å². The fourth-order valence-electron chi connectivity index (χ4n) is 2.45. The zero-order chi connectivity index (χ0) is 35.4. The lowest BCUT2D eigenvalue weighted by Gasteiger charge is -2.24. The second-order valence-corrected chi connectivity index (χ2v) is 8.95. The molecule has 0 rings (SSSR count). The zero-order valence-electron chi connectivity index (χ0n) is 23.9. The van der Waals surface area contributed by atoms with Crippen LogP contribution in [-0.4, -0.2) is 181 Å². The van der Waals surface area contributed by atoms with E-state index in [1.807, 2.05) is 0 Å². The molecule has 0 aromatic rings. The summed E-state index contributed by atoms with van der Waals surface area (Å²) in [5.74, 6) is -3.48. The Hall–Kier alpha value is -2.60. The largest absolute Gasteiger partial charge is 0.481 e. The number of hydrogen-bond donors (Lipinski definition) is 16. The third kappa shape index (κ3) is 30.8. The van der Waals surface area contributed by atoms with Crippen molar-refractivity contribution in [2.45, 2.75) is 100 Å². The van der Waals surface area contributed by atoms with Gasteiger partial charge < -0.3 is 81.7 Å². The van der Waals surface area contributed by atoms with Gasteiger partial charge in [-0.3, -0.25) is 19.2 Å². The molecular formula is C24H48O20. The molecule has 0 saturated carbocycles. The van der Waals surface area contributed by atoms with Crippen LogP contribution in [-0.2, 0) is 19.2 Å². The Morgan fingerprint density at radius 1 is 0.341 bits per heavy atom. The van der Waals surface area contributed by atoms with Crippen LogP contribution in [0.5, 0.6) is 0 Å². The van der Waals surface area contributed by atoms with Gasteiger partial charge >= 0.3 is 23.9 Å². The number of aliphatic hydroxyl groups is 12. The molecule has 0 radical (unpaired) electrons. The molecule has 20 heteroatoms. The minimum Gasteiger partial charge on any atom is -0.481 e. The number of unbranched alkanes of at least 4 members (excludes halogenated alkanes) is 2. The van der Waals surface area contributed by atoms with Crippen LogP contribution < -0.4 is 0 Å². The van der Waals surface area contributed by atoms with E-state index in [9.17, 15) is 19.2 Å². The monoisotopic (exact) mass is 656 g/mol. The third-order valence-electron chi connectivity index (χ3n) is 5.09. The molecule has 0 bridgehead atoms. The van der Waals surface area contributed by atoms with Gasteiger partial charge in [0.05, 0.1) is 26.4 Å². The summed E-state index contributed by atoms with van der Waals surface area (Å²) in [6.07, 6.45) is -10.7. The zero-order valence-corrected chi connectivity index (χ0v) is 23.9. The maximum Gasteiger partial charge on any atom is 0.303 e. The normalized spacial score (nSPS) is 15.9. The SMILES string of the molecule is O=C(O)CCCCC(=O)O.O=C(O)CCCCC(=O)O.OCC(O)C(O)C(O)C(O)CO.OCC(O)C(O)C(O)C(O)CO. The molecule has 0 aliphatic carbocycles. The summed E-state index contributed by atoms with van der Waals surface area (Å²) in [5, 5.41) is 137. The van der Waals surface area contributed by atoms with Crippen LogP contribution in [0.15, 0.2) is 0 Å². The van der Waals surface area contributed by atoms with Crippen molar-refractivity contribution in [2.24, 2.45) is 0 Å². The molecule has 0 heterocycles.